The van der Waals surface area contributed by atoms with Crippen molar-refractivity contribution in [3.8, 4) is 5.75 Å². The molecule has 0 saturated carbocycles. The van der Waals surface area contributed by atoms with E-state index in [1.54, 1.807) is 6.92 Å². The number of hydrogen-bond donors (Lipinski definition) is 1. The van der Waals surface area contributed by atoms with Gasteiger partial charge in [-0.05, 0) is 31.4 Å². The van der Waals surface area contributed by atoms with Crippen LogP contribution in [0.15, 0.2) is 24.3 Å². The SMILES string of the molecule is CCCCCCCCCc1ccccc1OC(C(C)O)[N+](C)(C)C. The lowest BCUT2D eigenvalue weighted by Crippen LogP contribution is -2.54. The number of hydrogen-bond acceptors (Lipinski definition) is 2. The molecule has 1 rings (SSSR count). The Morgan fingerprint density at radius 2 is 1.54 bits per heavy atom. The third-order valence-corrected chi connectivity index (χ3v) is 4.45. The third kappa shape index (κ3) is 7.67. The van der Waals surface area contributed by atoms with Crippen LogP contribution in [-0.2, 0) is 6.42 Å². The second-order valence-electron chi connectivity index (χ2n) is 7.84. The predicted octanol–water partition coefficient (Wildman–Crippen LogP) is 4.77. The van der Waals surface area contributed by atoms with Gasteiger partial charge in [-0.2, -0.15) is 0 Å². The van der Waals surface area contributed by atoms with Crippen LogP contribution < -0.4 is 4.74 Å². The first-order chi connectivity index (χ1) is 11.4. The molecule has 3 nitrogen and oxygen atoms in total. The van der Waals surface area contributed by atoms with E-state index in [2.05, 4.69) is 40.2 Å². The van der Waals surface area contributed by atoms with E-state index in [-0.39, 0.29) is 6.23 Å². The zero-order valence-corrected chi connectivity index (χ0v) is 16.4. The van der Waals surface area contributed by atoms with E-state index in [4.69, 9.17) is 4.74 Å². The molecule has 3 heteroatoms. The highest BCUT2D eigenvalue weighted by Gasteiger charge is 2.31. The number of benzene rings is 1. The highest BCUT2D eigenvalue weighted by molar-refractivity contribution is 5.33. The van der Waals surface area contributed by atoms with E-state index in [0.29, 0.717) is 4.48 Å². The number of para-hydroxylation sites is 1. The van der Waals surface area contributed by atoms with E-state index in [0.717, 1.165) is 12.2 Å². The summed E-state index contributed by atoms with van der Waals surface area (Å²) in [5, 5.41) is 10.1. The van der Waals surface area contributed by atoms with Crippen molar-refractivity contribution >= 4 is 0 Å². The molecule has 0 radical (unpaired) electrons. The lowest BCUT2D eigenvalue weighted by atomic mass is 10.0. The number of quaternary nitrogens is 1. The summed E-state index contributed by atoms with van der Waals surface area (Å²) in [6.07, 6.45) is 9.49. The minimum Gasteiger partial charge on any atom is -0.440 e. The van der Waals surface area contributed by atoms with Gasteiger partial charge in [-0.3, -0.25) is 4.48 Å². The Labute approximate surface area is 149 Å². The summed E-state index contributed by atoms with van der Waals surface area (Å²) in [6.45, 7) is 4.06. The summed E-state index contributed by atoms with van der Waals surface area (Å²) in [5.41, 5.74) is 1.25. The topological polar surface area (TPSA) is 29.5 Å². The normalized spacial score (nSPS) is 14.4. The van der Waals surface area contributed by atoms with Crippen molar-refractivity contribution in [2.45, 2.75) is 77.5 Å². The maximum atomic E-state index is 10.1. The summed E-state index contributed by atoms with van der Waals surface area (Å²) >= 11 is 0. The fraction of sp³-hybridized carbons (Fsp3) is 0.714. The molecule has 24 heavy (non-hydrogen) atoms. The van der Waals surface area contributed by atoms with Crippen LogP contribution in [-0.4, -0.2) is 43.1 Å². The lowest BCUT2D eigenvalue weighted by molar-refractivity contribution is -0.918. The Hall–Kier alpha value is -1.06. The quantitative estimate of drug-likeness (QED) is 0.338. The molecule has 0 bridgehead atoms. The minimum absolute atomic E-state index is 0.264. The first-order valence-corrected chi connectivity index (χ1v) is 9.60. The molecule has 2 atom stereocenters. The number of aryl methyl sites for hydroxylation is 1. The van der Waals surface area contributed by atoms with Crippen LogP contribution in [0.2, 0.25) is 0 Å². The number of rotatable bonds is 12. The number of ether oxygens (including phenoxy) is 1. The van der Waals surface area contributed by atoms with Crippen molar-refractivity contribution in [1.82, 2.24) is 0 Å². The fourth-order valence-corrected chi connectivity index (χ4v) is 3.13. The molecule has 0 fully saturated rings. The van der Waals surface area contributed by atoms with Crippen LogP contribution >= 0.6 is 0 Å². The maximum Gasteiger partial charge on any atom is 0.258 e. The molecule has 0 aliphatic heterocycles. The zero-order chi connectivity index (χ0) is 18.0. The van der Waals surface area contributed by atoms with Crippen molar-refractivity contribution in [3.63, 3.8) is 0 Å². The molecule has 1 aromatic rings. The third-order valence-electron chi connectivity index (χ3n) is 4.45. The van der Waals surface area contributed by atoms with E-state index in [1.165, 1.54) is 50.5 Å². The number of aliphatic hydroxyl groups excluding tert-OH is 1. The molecule has 1 aromatic carbocycles. The van der Waals surface area contributed by atoms with Crippen LogP contribution in [0.3, 0.4) is 0 Å². The standard InChI is InChI=1S/C21H38NO2/c1-6-7-8-9-10-11-12-15-19-16-13-14-17-20(19)24-21(18(2)23)22(3,4)5/h13-14,16-18,21,23H,6-12,15H2,1-5H3/q+1. The second kappa shape index (κ2) is 10.7. The van der Waals surface area contributed by atoms with Gasteiger partial charge in [-0.1, -0.05) is 63.6 Å². The van der Waals surface area contributed by atoms with Crippen molar-refractivity contribution < 1.29 is 14.3 Å². The smallest absolute Gasteiger partial charge is 0.258 e. The first-order valence-electron chi connectivity index (χ1n) is 9.60. The Morgan fingerprint density at radius 3 is 2.12 bits per heavy atom. The molecule has 0 aliphatic carbocycles. The minimum atomic E-state index is -0.517. The van der Waals surface area contributed by atoms with E-state index in [1.807, 2.05) is 12.1 Å². The number of likely N-dealkylation sites (N-methyl/N-ethyl adjacent to an activating group) is 1. The average Bonchev–Trinajstić information content (AvgIpc) is 2.51. The molecule has 0 aliphatic rings. The van der Waals surface area contributed by atoms with Gasteiger partial charge in [0.25, 0.3) is 6.23 Å². The molecule has 0 aromatic heterocycles. The molecule has 0 saturated heterocycles. The van der Waals surface area contributed by atoms with Crippen LogP contribution in [0.4, 0.5) is 0 Å². The summed E-state index contributed by atoms with van der Waals surface area (Å²) < 4.78 is 6.78. The van der Waals surface area contributed by atoms with Crippen molar-refractivity contribution in [2.75, 3.05) is 21.1 Å². The van der Waals surface area contributed by atoms with Crippen molar-refractivity contribution in [3.05, 3.63) is 29.8 Å². The monoisotopic (exact) mass is 336 g/mol. The highest BCUT2D eigenvalue weighted by atomic mass is 16.5. The summed E-state index contributed by atoms with van der Waals surface area (Å²) in [5.74, 6) is 0.919. The van der Waals surface area contributed by atoms with Crippen LogP contribution in [0.25, 0.3) is 0 Å². The van der Waals surface area contributed by atoms with Gasteiger partial charge in [0.15, 0.2) is 0 Å². The summed E-state index contributed by atoms with van der Waals surface area (Å²) in [7, 11) is 6.16. The van der Waals surface area contributed by atoms with Gasteiger partial charge in [-0.15, -0.1) is 0 Å². The Kier molecular flexibility index (Phi) is 9.38. The average molecular weight is 337 g/mol. The number of nitrogens with zero attached hydrogens (tertiary/aromatic N) is 1. The van der Waals surface area contributed by atoms with Gasteiger partial charge in [0, 0.05) is 0 Å². The van der Waals surface area contributed by atoms with Crippen molar-refractivity contribution in [2.24, 2.45) is 0 Å². The van der Waals surface area contributed by atoms with Crippen LogP contribution in [0.5, 0.6) is 5.75 Å². The van der Waals surface area contributed by atoms with Gasteiger partial charge in [-0.25, -0.2) is 0 Å². The summed E-state index contributed by atoms with van der Waals surface area (Å²) in [6, 6.07) is 8.27. The van der Waals surface area contributed by atoms with Crippen LogP contribution in [0, 0.1) is 0 Å². The molecule has 0 heterocycles. The Balaban J connectivity index is 2.55. The molecule has 2 unspecified atom stereocenters. The van der Waals surface area contributed by atoms with Gasteiger partial charge in [0.2, 0.25) is 0 Å². The van der Waals surface area contributed by atoms with Gasteiger partial charge in [0.1, 0.15) is 11.9 Å². The van der Waals surface area contributed by atoms with E-state index >= 15 is 0 Å². The molecule has 0 spiro atoms. The molecular formula is C21H38NO2+. The zero-order valence-electron chi connectivity index (χ0n) is 16.4. The fourth-order valence-electron chi connectivity index (χ4n) is 3.13. The second-order valence-corrected chi connectivity index (χ2v) is 7.84. The lowest BCUT2D eigenvalue weighted by Gasteiger charge is -2.35. The van der Waals surface area contributed by atoms with Gasteiger partial charge < -0.3 is 9.84 Å². The van der Waals surface area contributed by atoms with Gasteiger partial charge in [0.05, 0.1) is 21.1 Å². The van der Waals surface area contributed by atoms with Gasteiger partial charge >= 0.3 is 0 Å². The maximum absolute atomic E-state index is 10.1. The summed E-state index contributed by atoms with van der Waals surface area (Å²) in [4.78, 5) is 0. The molecule has 138 valence electrons. The first kappa shape index (κ1) is 21.0. The molecular weight excluding hydrogens is 298 g/mol. The van der Waals surface area contributed by atoms with E-state index in [9.17, 15) is 5.11 Å². The Morgan fingerprint density at radius 1 is 0.958 bits per heavy atom. The number of unbranched alkanes of at least 4 members (excludes halogenated alkanes) is 6. The highest BCUT2D eigenvalue weighted by Crippen LogP contribution is 2.24. The van der Waals surface area contributed by atoms with Crippen LogP contribution in [0.1, 0.15) is 64.4 Å². The number of aliphatic hydroxyl groups is 1. The molecule has 0 amide bonds. The predicted molar refractivity (Wildman–Crippen MR) is 102 cm³/mol. The Bertz CT molecular complexity index is 451. The largest absolute Gasteiger partial charge is 0.440 e. The van der Waals surface area contributed by atoms with E-state index < -0.39 is 6.10 Å². The van der Waals surface area contributed by atoms with Crippen molar-refractivity contribution in [1.29, 1.82) is 0 Å². The molecule has 1 N–H and O–H groups in total.